The lowest BCUT2D eigenvalue weighted by molar-refractivity contribution is -0.151. The summed E-state index contributed by atoms with van der Waals surface area (Å²) in [5.74, 6) is -1.10. The molecule has 0 fully saturated rings. The van der Waals surface area contributed by atoms with Gasteiger partial charge in [-0.15, -0.1) is 0 Å². The molecule has 1 aromatic carbocycles. The standard InChI is InChI=1S/C18H24N2O5S/c1-13-9-10-15(11-16(13)26(23,24)20(2)3)19-17(21)12-25-18(22)14-7-5-4-6-8-14/h4-5,9-11,14H,6-8,12H2,1-3H3,(H,19,21). The normalized spacial score (nSPS) is 17.2. The molecule has 1 aliphatic carbocycles. The fourth-order valence-electron chi connectivity index (χ4n) is 2.61. The molecule has 26 heavy (non-hydrogen) atoms. The van der Waals surface area contributed by atoms with E-state index in [4.69, 9.17) is 4.74 Å². The largest absolute Gasteiger partial charge is 0.455 e. The van der Waals surface area contributed by atoms with Gasteiger partial charge in [-0.3, -0.25) is 9.59 Å². The predicted octanol–water partition coefficient (Wildman–Crippen LogP) is 2.08. The van der Waals surface area contributed by atoms with Crippen molar-refractivity contribution in [3.63, 3.8) is 0 Å². The quantitative estimate of drug-likeness (QED) is 0.602. The Hall–Kier alpha value is -2.19. The zero-order valence-electron chi connectivity index (χ0n) is 15.2. The highest BCUT2D eigenvalue weighted by Gasteiger charge is 2.22. The number of nitrogens with zero attached hydrogens (tertiary/aromatic N) is 1. The second kappa shape index (κ2) is 8.46. The van der Waals surface area contributed by atoms with Crippen LogP contribution in [-0.4, -0.2) is 45.3 Å². The summed E-state index contributed by atoms with van der Waals surface area (Å²) in [6, 6.07) is 4.62. The summed E-state index contributed by atoms with van der Waals surface area (Å²) >= 11 is 0. The van der Waals surface area contributed by atoms with Crippen molar-refractivity contribution in [3.05, 3.63) is 35.9 Å². The molecular formula is C18H24N2O5S. The van der Waals surface area contributed by atoms with Crippen LogP contribution in [0.3, 0.4) is 0 Å². The van der Waals surface area contributed by atoms with Crippen LogP contribution in [0, 0.1) is 12.8 Å². The molecule has 0 saturated carbocycles. The number of hydrogen-bond acceptors (Lipinski definition) is 5. The smallest absolute Gasteiger partial charge is 0.309 e. The Labute approximate surface area is 154 Å². The highest BCUT2D eigenvalue weighted by Crippen LogP contribution is 2.23. The third-order valence-electron chi connectivity index (χ3n) is 4.18. The maximum atomic E-state index is 12.3. The van der Waals surface area contributed by atoms with Gasteiger partial charge in [0.2, 0.25) is 10.0 Å². The Kier molecular flexibility index (Phi) is 6.55. The van der Waals surface area contributed by atoms with Crippen LogP contribution >= 0.6 is 0 Å². The van der Waals surface area contributed by atoms with Crippen molar-refractivity contribution in [2.45, 2.75) is 31.1 Å². The van der Waals surface area contributed by atoms with Crippen molar-refractivity contribution in [3.8, 4) is 0 Å². The lowest BCUT2D eigenvalue weighted by Crippen LogP contribution is -2.26. The SMILES string of the molecule is Cc1ccc(NC(=O)COC(=O)C2CC=CCC2)cc1S(=O)(=O)N(C)C. The molecule has 0 spiro atoms. The van der Waals surface area contributed by atoms with E-state index < -0.39 is 22.5 Å². The van der Waals surface area contributed by atoms with Gasteiger partial charge in [-0.2, -0.15) is 0 Å². The molecule has 1 atom stereocenters. The summed E-state index contributed by atoms with van der Waals surface area (Å²) in [6.45, 7) is 1.28. The average Bonchev–Trinajstić information content (AvgIpc) is 2.61. The molecule has 0 heterocycles. The van der Waals surface area contributed by atoms with E-state index in [2.05, 4.69) is 5.32 Å². The van der Waals surface area contributed by atoms with E-state index in [1.165, 1.54) is 20.2 Å². The number of anilines is 1. The van der Waals surface area contributed by atoms with Gasteiger partial charge in [-0.25, -0.2) is 12.7 Å². The van der Waals surface area contributed by atoms with Crippen LogP contribution in [0.25, 0.3) is 0 Å². The number of amides is 1. The van der Waals surface area contributed by atoms with E-state index >= 15 is 0 Å². The first-order valence-electron chi connectivity index (χ1n) is 8.36. The summed E-state index contributed by atoms with van der Waals surface area (Å²) in [7, 11) is -0.727. The minimum Gasteiger partial charge on any atom is -0.455 e. The molecule has 0 saturated heterocycles. The second-order valence-electron chi connectivity index (χ2n) is 6.40. The number of rotatable bonds is 6. The van der Waals surface area contributed by atoms with Crippen molar-refractivity contribution in [2.24, 2.45) is 5.92 Å². The van der Waals surface area contributed by atoms with Gasteiger partial charge < -0.3 is 10.1 Å². The van der Waals surface area contributed by atoms with Gasteiger partial charge in [-0.05, 0) is 43.9 Å². The fraction of sp³-hybridized carbons (Fsp3) is 0.444. The van der Waals surface area contributed by atoms with Gasteiger partial charge in [-0.1, -0.05) is 18.2 Å². The topological polar surface area (TPSA) is 92.8 Å². The van der Waals surface area contributed by atoms with Crippen LogP contribution in [0.4, 0.5) is 5.69 Å². The van der Waals surface area contributed by atoms with Crippen molar-refractivity contribution in [1.29, 1.82) is 0 Å². The Morgan fingerprint density at radius 2 is 2.00 bits per heavy atom. The number of ether oxygens (including phenoxy) is 1. The fourth-order valence-corrected chi connectivity index (χ4v) is 3.76. The number of allylic oxidation sites excluding steroid dienone is 2. The molecule has 7 nitrogen and oxygen atoms in total. The molecule has 8 heteroatoms. The molecule has 1 aliphatic rings. The predicted molar refractivity (Wildman–Crippen MR) is 98.1 cm³/mol. The molecule has 1 aromatic rings. The first-order valence-corrected chi connectivity index (χ1v) is 9.80. The Morgan fingerprint density at radius 3 is 2.62 bits per heavy atom. The molecule has 0 aromatic heterocycles. The van der Waals surface area contributed by atoms with Crippen LogP contribution in [0.15, 0.2) is 35.2 Å². The maximum Gasteiger partial charge on any atom is 0.309 e. The number of carbonyl (C=O) groups is 2. The zero-order valence-corrected chi connectivity index (χ0v) is 16.0. The van der Waals surface area contributed by atoms with Gasteiger partial charge in [0.1, 0.15) is 0 Å². The van der Waals surface area contributed by atoms with Gasteiger partial charge in [0.05, 0.1) is 10.8 Å². The van der Waals surface area contributed by atoms with Gasteiger partial charge in [0.15, 0.2) is 6.61 Å². The van der Waals surface area contributed by atoms with E-state index in [1.54, 1.807) is 19.1 Å². The molecule has 0 bridgehead atoms. The summed E-state index contributed by atoms with van der Waals surface area (Å²) in [5, 5.41) is 2.57. The van der Waals surface area contributed by atoms with Crippen LogP contribution in [0.2, 0.25) is 0 Å². The van der Waals surface area contributed by atoms with Crippen molar-refractivity contribution in [2.75, 3.05) is 26.0 Å². The van der Waals surface area contributed by atoms with E-state index in [9.17, 15) is 18.0 Å². The maximum absolute atomic E-state index is 12.3. The molecule has 142 valence electrons. The first kappa shape index (κ1) is 20.1. The highest BCUT2D eigenvalue weighted by molar-refractivity contribution is 7.89. The minimum absolute atomic E-state index is 0.117. The number of sulfonamides is 1. The molecular weight excluding hydrogens is 356 g/mol. The van der Waals surface area contributed by atoms with Gasteiger partial charge in [0.25, 0.3) is 5.91 Å². The van der Waals surface area contributed by atoms with Crippen LogP contribution in [0.5, 0.6) is 0 Å². The Bertz CT molecular complexity index is 815. The summed E-state index contributed by atoms with van der Waals surface area (Å²) < 4.78 is 30.8. The summed E-state index contributed by atoms with van der Waals surface area (Å²) in [6.07, 6.45) is 6.14. The van der Waals surface area contributed by atoms with Crippen LogP contribution < -0.4 is 5.32 Å². The lowest BCUT2D eigenvalue weighted by Gasteiger charge is -2.17. The Morgan fingerprint density at radius 1 is 1.27 bits per heavy atom. The van der Waals surface area contributed by atoms with Crippen molar-refractivity contribution < 1.29 is 22.7 Å². The van der Waals surface area contributed by atoms with Crippen LogP contribution in [0.1, 0.15) is 24.8 Å². The van der Waals surface area contributed by atoms with Crippen molar-refractivity contribution in [1.82, 2.24) is 4.31 Å². The molecule has 0 radical (unpaired) electrons. The lowest BCUT2D eigenvalue weighted by atomic mass is 9.95. The second-order valence-corrected chi connectivity index (χ2v) is 8.53. The van der Waals surface area contributed by atoms with Crippen LogP contribution in [-0.2, 0) is 24.3 Å². The van der Waals surface area contributed by atoms with E-state index in [1.807, 2.05) is 12.2 Å². The number of carbonyl (C=O) groups excluding carboxylic acids is 2. The number of esters is 1. The third-order valence-corrected chi connectivity index (χ3v) is 6.14. The van der Waals surface area contributed by atoms with E-state index in [-0.39, 0.29) is 16.8 Å². The van der Waals surface area contributed by atoms with E-state index in [0.717, 1.165) is 17.1 Å². The molecule has 1 unspecified atom stereocenters. The zero-order chi connectivity index (χ0) is 19.3. The number of benzene rings is 1. The average molecular weight is 380 g/mol. The number of aryl methyl sites for hydroxylation is 1. The third kappa shape index (κ3) is 4.92. The summed E-state index contributed by atoms with van der Waals surface area (Å²) in [4.78, 5) is 24.1. The molecule has 1 N–H and O–H groups in total. The van der Waals surface area contributed by atoms with Gasteiger partial charge >= 0.3 is 5.97 Å². The highest BCUT2D eigenvalue weighted by atomic mass is 32.2. The van der Waals surface area contributed by atoms with Crippen molar-refractivity contribution >= 4 is 27.6 Å². The Balaban J connectivity index is 1.99. The monoisotopic (exact) mass is 380 g/mol. The first-order chi connectivity index (χ1) is 12.2. The number of hydrogen-bond donors (Lipinski definition) is 1. The number of nitrogens with one attached hydrogen (secondary N) is 1. The van der Waals surface area contributed by atoms with Gasteiger partial charge in [0, 0.05) is 19.8 Å². The molecule has 1 amide bonds. The minimum atomic E-state index is -3.62. The molecule has 0 aliphatic heterocycles. The van der Waals surface area contributed by atoms with E-state index in [0.29, 0.717) is 17.7 Å². The molecule has 2 rings (SSSR count). The summed E-state index contributed by atoms with van der Waals surface area (Å²) in [5.41, 5.74) is 0.908.